The summed E-state index contributed by atoms with van der Waals surface area (Å²) in [7, 11) is 0. The van der Waals surface area contributed by atoms with E-state index in [-0.39, 0.29) is 17.7 Å². The van der Waals surface area contributed by atoms with Crippen LogP contribution in [0.15, 0.2) is 22.0 Å². The molecule has 1 saturated heterocycles. The van der Waals surface area contributed by atoms with Crippen molar-refractivity contribution >= 4 is 17.2 Å². The van der Waals surface area contributed by atoms with Gasteiger partial charge in [-0.15, -0.1) is 11.3 Å². The molecular weight excluding hydrogens is 298 g/mol. The highest BCUT2D eigenvalue weighted by Gasteiger charge is 2.30. The molecule has 0 aliphatic carbocycles. The number of carbonyl (C=O) groups is 1. The van der Waals surface area contributed by atoms with E-state index in [1.54, 1.807) is 11.3 Å². The Bertz CT molecular complexity index is 623. The third-order valence-electron chi connectivity index (χ3n) is 4.30. The third kappa shape index (κ3) is 3.06. The van der Waals surface area contributed by atoms with E-state index in [1.165, 1.54) is 0 Å². The Hall–Kier alpha value is -1.69. The monoisotopic (exact) mass is 319 g/mol. The number of piperidine rings is 1. The number of rotatable bonds is 4. The van der Waals surface area contributed by atoms with Crippen LogP contribution in [0, 0.1) is 5.92 Å². The molecule has 0 bridgehead atoms. The first kappa shape index (κ1) is 15.2. The van der Waals surface area contributed by atoms with Gasteiger partial charge in [-0.3, -0.25) is 4.79 Å². The van der Waals surface area contributed by atoms with Gasteiger partial charge in [0.25, 0.3) is 0 Å². The van der Waals surface area contributed by atoms with Gasteiger partial charge in [0.05, 0.1) is 10.8 Å². The van der Waals surface area contributed by atoms with Crippen LogP contribution < -0.4 is 0 Å². The lowest BCUT2D eigenvalue weighted by Crippen LogP contribution is -2.41. The molecule has 6 heteroatoms. The van der Waals surface area contributed by atoms with Crippen LogP contribution in [0.4, 0.5) is 0 Å². The van der Waals surface area contributed by atoms with Gasteiger partial charge in [-0.05, 0) is 30.7 Å². The van der Waals surface area contributed by atoms with Crippen molar-refractivity contribution in [2.45, 2.75) is 39.0 Å². The maximum Gasteiger partial charge on any atom is 0.231 e. The van der Waals surface area contributed by atoms with Gasteiger partial charge in [-0.2, -0.15) is 4.98 Å². The molecule has 118 valence electrons. The Balaban J connectivity index is 1.71. The predicted octanol–water partition coefficient (Wildman–Crippen LogP) is 3.55. The fourth-order valence-corrected chi connectivity index (χ4v) is 3.42. The van der Waals surface area contributed by atoms with Crippen LogP contribution >= 0.6 is 11.3 Å². The summed E-state index contributed by atoms with van der Waals surface area (Å²) in [5, 5.41) is 6.07. The van der Waals surface area contributed by atoms with Gasteiger partial charge < -0.3 is 9.42 Å². The highest BCUT2D eigenvalue weighted by atomic mass is 32.1. The summed E-state index contributed by atoms with van der Waals surface area (Å²) in [4.78, 5) is 19.9. The van der Waals surface area contributed by atoms with Crippen molar-refractivity contribution in [3.05, 3.63) is 23.4 Å². The lowest BCUT2D eigenvalue weighted by Gasteiger charge is -2.32. The molecule has 2 aromatic rings. The van der Waals surface area contributed by atoms with Crippen LogP contribution in [-0.4, -0.2) is 34.0 Å². The molecule has 1 aliphatic heterocycles. The van der Waals surface area contributed by atoms with Gasteiger partial charge in [0.1, 0.15) is 0 Å². The van der Waals surface area contributed by atoms with E-state index in [9.17, 15) is 4.79 Å². The van der Waals surface area contributed by atoms with Crippen molar-refractivity contribution in [1.82, 2.24) is 15.0 Å². The first-order valence-electron chi connectivity index (χ1n) is 7.85. The van der Waals surface area contributed by atoms with E-state index in [2.05, 4.69) is 17.1 Å². The summed E-state index contributed by atoms with van der Waals surface area (Å²) in [5.74, 6) is 1.79. The number of nitrogens with zero attached hydrogens (tertiary/aromatic N) is 3. The topological polar surface area (TPSA) is 59.2 Å². The zero-order valence-electron chi connectivity index (χ0n) is 13.0. The summed E-state index contributed by atoms with van der Waals surface area (Å²) in [6.45, 7) is 5.57. The van der Waals surface area contributed by atoms with Crippen LogP contribution in [-0.2, 0) is 4.79 Å². The second kappa shape index (κ2) is 6.60. The molecule has 2 atom stereocenters. The smallest absolute Gasteiger partial charge is 0.231 e. The SMILES string of the molecule is CC[C@H](C)C(=O)N1CCC[C@@H](c2nc(-c3cccs3)no2)C1. The van der Waals surface area contributed by atoms with E-state index in [0.29, 0.717) is 18.3 Å². The number of hydrogen-bond acceptors (Lipinski definition) is 5. The van der Waals surface area contributed by atoms with Crippen LogP contribution in [0.1, 0.15) is 44.9 Å². The molecule has 0 radical (unpaired) electrons. The number of carbonyl (C=O) groups excluding carboxylic acids is 1. The molecule has 3 rings (SSSR count). The van der Waals surface area contributed by atoms with Crippen molar-refractivity contribution in [3.63, 3.8) is 0 Å². The average molecular weight is 319 g/mol. The fraction of sp³-hybridized carbons (Fsp3) is 0.562. The molecule has 22 heavy (non-hydrogen) atoms. The summed E-state index contributed by atoms with van der Waals surface area (Å²) >= 11 is 1.60. The van der Waals surface area contributed by atoms with E-state index < -0.39 is 0 Å². The molecular formula is C16H21N3O2S. The number of hydrogen-bond donors (Lipinski definition) is 0. The molecule has 2 aromatic heterocycles. The van der Waals surface area contributed by atoms with Crippen LogP contribution in [0.5, 0.6) is 0 Å². The zero-order chi connectivity index (χ0) is 15.5. The number of thiophene rings is 1. The molecule has 1 fully saturated rings. The normalized spacial score (nSPS) is 20.1. The summed E-state index contributed by atoms with van der Waals surface area (Å²) in [6.07, 6.45) is 2.86. The summed E-state index contributed by atoms with van der Waals surface area (Å²) < 4.78 is 5.45. The Morgan fingerprint density at radius 3 is 3.18 bits per heavy atom. The van der Waals surface area contributed by atoms with E-state index >= 15 is 0 Å². The average Bonchev–Trinajstić information content (AvgIpc) is 3.24. The van der Waals surface area contributed by atoms with Gasteiger partial charge in [0, 0.05) is 19.0 Å². The Kier molecular flexibility index (Phi) is 4.57. The Labute approximate surface area is 134 Å². The van der Waals surface area contributed by atoms with Crippen molar-refractivity contribution in [2.75, 3.05) is 13.1 Å². The molecule has 1 amide bonds. The molecule has 0 spiro atoms. The molecule has 0 aromatic carbocycles. The standard InChI is InChI=1S/C16H21N3O2S/c1-3-11(2)16(20)19-8-4-6-12(10-19)15-17-14(18-21-15)13-7-5-9-22-13/h5,7,9,11-12H,3-4,6,8,10H2,1-2H3/t11-,12+/m0/s1. The minimum atomic E-state index is 0.0862. The van der Waals surface area contributed by atoms with Gasteiger partial charge in [-0.1, -0.05) is 25.1 Å². The van der Waals surface area contributed by atoms with E-state index in [4.69, 9.17) is 4.52 Å². The minimum absolute atomic E-state index is 0.0862. The third-order valence-corrected chi connectivity index (χ3v) is 5.17. The lowest BCUT2D eigenvalue weighted by molar-refractivity contribution is -0.136. The molecule has 0 unspecified atom stereocenters. The quantitative estimate of drug-likeness (QED) is 0.864. The van der Waals surface area contributed by atoms with Crippen molar-refractivity contribution in [1.29, 1.82) is 0 Å². The van der Waals surface area contributed by atoms with Crippen molar-refractivity contribution < 1.29 is 9.32 Å². The molecule has 1 aliphatic rings. The Morgan fingerprint density at radius 2 is 2.45 bits per heavy atom. The van der Waals surface area contributed by atoms with Crippen molar-refractivity contribution in [3.8, 4) is 10.7 Å². The van der Waals surface area contributed by atoms with Gasteiger partial charge in [0.15, 0.2) is 0 Å². The highest BCUT2D eigenvalue weighted by Crippen LogP contribution is 2.29. The first-order chi connectivity index (χ1) is 10.7. The molecule has 5 nitrogen and oxygen atoms in total. The maximum atomic E-state index is 12.4. The first-order valence-corrected chi connectivity index (χ1v) is 8.73. The predicted molar refractivity (Wildman–Crippen MR) is 85.6 cm³/mol. The maximum absolute atomic E-state index is 12.4. The number of aromatic nitrogens is 2. The summed E-state index contributed by atoms with van der Waals surface area (Å²) in [5.41, 5.74) is 0. The van der Waals surface area contributed by atoms with E-state index in [1.807, 2.05) is 29.3 Å². The van der Waals surface area contributed by atoms with Crippen LogP contribution in [0.3, 0.4) is 0 Å². The molecule has 0 saturated carbocycles. The van der Waals surface area contributed by atoms with Gasteiger partial charge in [-0.25, -0.2) is 0 Å². The van der Waals surface area contributed by atoms with E-state index in [0.717, 1.165) is 30.7 Å². The summed E-state index contributed by atoms with van der Waals surface area (Å²) in [6, 6.07) is 3.96. The lowest BCUT2D eigenvalue weighted by atomic mass is 9.96. The van der Waals surface area contributed by atoms with Crippen molar-refractivity contribution in [2.24, 2.45) is 5.92 Å². The van der Waals surface area contributed by atoms with Gasteiger partial charge in [0.2, 0.25) is 17.6 Å². The number of likely N-dealkylation sites (tertiary alicyclic amines) is 1. The van der Waals surface area contributed by atoms with Crippen LogP contribution in [0.2, 0.25) is 0 Å². The molecule has 0 N–H and O–H groups in total. The Morgan fingerprint density at radius 1 is 1.59 bits per heavy atom. The fourth-order valence-electron chi connectivity index (χ4n) is 2.77. The minimum Gasteiger partial charge on any atom is -0.342 e. The zero-order valence-corrected chi connectivity index (χ0v) is 13.8. The largest absolute Gasteiger partial charge is 0.342 e. The second-order valence-corrected chi connectivity index (χ2v) is 6.81. The van der Waals surface area contributed by atoms with Gasteiger partial charge >= 0.3 is 0 Å². The molecule has 3 heterocycles. The number of amides is 1. The second-order valence-electron chi connectivity index (χ2n) is 5.87. The highest BCUT2D eigenvalue weighted by molar-refractivity contribution is 7.13. The van der Waals surface area contributed by atoms with Crippen LogP contribution in [0.25, 0.3) is 10.7 Å².